The number of piperazine rings is 1. The molecule has 0 N–H and O–H groups in total. The molecule has 3 aliphatic rings. The minimum atomic E-state index is 0.0996. The maximum atomic E-state index is 12.7. The van der Waals surface area contributed by atoms with E-state index in [9.17, 15) is 9.59 Å². The number of amides is 1. The largest absolute Gasteiger partial charge is 0.368 e. The van der Waals surface area contributed by atoms with Crippen molar-refractivity contribution < 1.29 is 9.59 Å². The molecule has 4 nitrogen and oxygen atoms in total. The average molecular weight is 340 g/mol. The van der Waals surface area contributed by atoms with Crippen LogP contribution in [0.15, 0.2) is 24.3 Å². The summed E-state index contributed by atoms with van der Waals surface area (Å²) in [6, 6.07) is 7.82. The summed E-state index contributed by atoms with van der Waals surface area (Å²) in [6.45, 7) is 4.97. The van der Waals surface area contributed by atoms with Crippen molar-refractivity contribution in [2.24, 2.45) is 17.8 Å². The van der Waals surface area contributed by atoms with Crippen LogP contribution in [0.5, 0.6) is 0 Å². The number of ketones is 1. The maximum Gasteiger partial charge on any atom is 0.222 e. The summed E-state index contributed by atoms with van der Waals surface area (Å²) in [5.74, 6) is 2.86. The Balaban J connectivity index is 1.29. The van der Waals surface area contributed by atoms with Gasteiger partial charge in [0.2, 0.25) is 5.91 Å². The van der Waals surface area contributed by atoms with Gasteiger partial charge in [0, 0.05) is 43.9 Å². The number of anilines is 1. The van der Waals surface area contributed by atoms with Crippen LogP contribution < -0.4 is 4.90 Å². The molecule has 134 valence electrons. The topological polar surface area (TPSA) is 40.6 Å². The van der Waals surface area contributed by atoms with Crippen molar-refractivity contribution in [2.75, 3.05) is 31.1 Å². The minimum absolute atomic E-state index is 0.0996. The molecule has 1 aliphatic heterocycles. The van der Waals surface area contributed by atoms with Gasteiger partial charge in [-0.2, -0.15) is 0 Å². The normalized spacial score (nSPS) is 28.4. The molecule has 0 spiro atoms. The van der Waals surface area contributed by atoms with Gasteiger partial charge in [0.15, 0.2) is 5.78 Å². The van der Waals surface area contributed by atoms with Gasteiger partial charge in [-0.15, -0.1) is 0 Å². The molecule has 1 amide bonds. The molecule has 1 aromatic carbocycles. The van der Waals surface area contributed by atoms with Crippen molar-refractivity contribution in [1.82, 2.24) is 4.90 Å². The van der Waals surface area contributed by atoms with Crippen molar-refractivity contribution in [3.05, 3.63) is 29.8 Å². The number of hydrogen-bond donors (Lipinski definition) is 0. The van der Waals surface area contributed by atoms with Gasteiger partial charge in [0.05, 0.1) is 0 Å². The van der Waals surface area contributed by atoms with Crippen LogP contribution in [0.4, 0.5) is 5.69 Å². The third-order valence-electron chi connectivity index (χ3n) is 6.59. The highest BCUT2D eigenvalue weighted by atomic mass is 16.2. The fourth-order valence-electron chi connectivity index (χ4n) is 5.10. The van der Waals surface area contributed by atoms with Crippen LogP contribution >= 0.6 is 0 Å². The molecule has 4 heteroatoms. The Kier molecular flexibility index (Phi) is 4.53. The molecule has 25 heavy (non-hydrogen) atoms. The number of fused-ring (bicyclic) bond motifs is 2. The second-order valence-electron chi connectivity index (χ2n) is 8.11. The van der Waals surface area contributed by atoms with Crippen molar-refractivity contribution in [3.8, 4) is 0 Å². The number of nitrogens with zero attached hydrogens (tertiary/aromatic N) is 2. The lowest BCUT2D eigenvalue weighted by Crippen LogP contribution is -2.49. The Morgan fingerprint density at radius 1 is 1.00 bits per heavy atom. The van der Waals surface area contributed by atoms with Crippen molar-refractivity contribution in [1.29, 1.82) is 0 Å². The fourth-order valence-corrected chi connectivity index (χ4v) is 5.10. The molecule has 0 radical (unpaired) electrons. The van der Waals surface area contributed by atoms with Crippen LogP contribution in [-0.2, 0) is 4.79 Å². The second kappa shape index (κ2) is 6.81. The van der Waals surface area contributed by atoms with E-state index in [2.05, 4.69) is 9.80 Å². The van der Waals surface area contributed by atoms with Gasteiger partial charge in [-0.1, -0.05) is 6.42 Å². The molecule has 0 aromatic heterocycles. The van der Waals surface area contributed by atoms with E-state index in [0.717, 1.165) is 55.7 Å². The molecule has 2 saturated carbocycles. The molecule has 4 rings (SSSR count). The lowest BCUT2D eigenvalue weighted by molar-refractivity contribution is -0.132. The molecule has 2 bridgehead atoms. The summed E-state index contributed by atoms with van der Waals surface area (Å²) in [4.78, 5) is 28.4. The van der Waals surface area contributed by atoms with Gasteiger partial charge in [-0.05, 0) is 68.2 Å². The van der Waals surface area contributed by atoms with Gasteiger partial charge in [0.25, 0.3) is 0 Å². The third kappa shape index (κ3) is 3.44. The predicted octanol–water partition coefficient (Wildman–Crippen LogP) is 3.36. The van der Waals surface area contributed by atoms with Crippen LogP contribution in [0.2, 0.25) is 0 Å². The summed E-state index contributed by atoms with van der Waals surface area (Å²) in [5.41, 5.74) is 1.90. The quantitative estimate of drug-likeness (QED) is 0.789. The van der Waals surface area contributed by atoms with E-state index in [4.69, 9.17) is 0 Å². The molecule has 2 aliphatic carbocycles. The van der Waals surface area contributed by atoms with Gasteiger partial charge < -0.3 is 9.80 Å². The van der Waals surface area contributed by atoms with Crippen LogP contribution in [0.1, 0.15) is 49.4 Å². The lowest BCUT2D eigenvalue weighted by atomic mass is 9.86. The van der Waals surface area contributed by atoms with E-state index in [1.807, 2.05) is 24.3 Å². The fraction of sp³-hybridized carbons (Fsp3) is 0.619. The monoisotopic (exact) mass is 340 g/mol. The van der Waals surface area contributed by atoms with E-state index >= 15 is 0 Å². The first-order valence-corrected chi connectivity index (χ1v) is 9.74. The van der Waals surface area contributed by atoms with Crippen molar-refractivity contribution >= 4 is 17.4 Å². The molecule has 3 unspecified atom stereocenters. The zero-order valence-corrected chi connectivity index (χ0v) is 15.1. The smallest absolute Gasteiger partial charge is 0.222 e. The summed E-state index contributed by atoms with van der Waals surface area (Å²) in [6.07, 6.45) is 6.19. The summed E-state index contributed by atoms with van der Waals surface area (Å²) >= 11 is 0. The summed E-state index contributed by atoms with van der Waals surface area (Å²) in [7, 11) is 0. The van der Waals surface area contributed by atoms with E-state index in [-0.39, 0.29) is 5.78 Å². The number of Topliss-reactive ketones (excluding diaryl/α,β-unsaturated/α-hetero) is 1. The molecule has 3 fully saturated rings. The highest BCUT2D eigenvalue weighted by Crippen LogP contribution is 2.49. The van der Waals surface area contributed by atoms with Crippen LogP contribution in [0.3, 0.4) is 0 Å². The molecule has 1 saturated heterocycles. The number of carbonyl (C=O) groups is 2. The standard InChI is InChI=1S/C21H28N2O2/c1-15(24)17-4-6-20(7-5-17)22-8-10-23(11-9-22)21(25)14-19-13-16-2-3-18(19)12-16/h4-7,16,18-19H,2-3,8-14H2,1H3. The second-order valence-corrected chi connectivity index (χ2v) is 8.11. The van der Waals surface area contributed by atoms with Crippen LogP contribution in [-0.4, -0.2) is 42.8 Å². The Morgan fingerprint density at radius 2 is 1.72 bits per heavy atom. The van der Waals surface area contributed by atoms with E-state index < -0.39 is 0 Å². The molecular formula is C21H28N2O2. The first kappa shape index (κ1) is 16.6. The molecule has 1 heterocycles. The van der Waals surface area contributed by atoms with Gasteiger partial charge >= 0.3 is 0 Å². The molecular weight excluding hydrogens is 312 g/mol. The third-order valence-corrected chi connectivity index (χ3v) is 6.59. The van der Waals surface area contributed by atoms with Crippen LogP contribution in [0.25, 0.3) is 0 Å². The summed E-state index contributed by atoms with van der Waals surface area (Å²) < 4.78 is 0. The first-order chi connectivity index (χ1) is 12.1. The zero-order valence-electron chi connectivity index (χ0n) is 15.1. The number of carbonyl (C=O) groups excluding carboxylic acids is 2. The summed E-state index contributed by atoms with van der Waals surface area (Å²) in [5, 5.41) is 0. The maximum absolute atomic E-state index is 12.7. The van der Waals surface area contributed by atoms with E-state index in [1.54, 1.807) is 6.92 Å². The Bertz CT molecular complexity index is 646. The number of benzene rings is 1. The van der Waals surface area contributed by atoms with E-state index in [0.29, 0.717) is 11.8 Å². The molecule has 1 aromatic rings. The first-order valence-electron chi connectivity index (χ1n) is 9.74. The average Bonchev–Trinajstić information content (AvgIpc) is 3.25. The number of hydrogen-bond acceptors (Lipinski definition) is 3. The van der Waals surface area contributed by atoms with E-state index in [1.165, 1.54) is 25.7 Å². The number of rotatable bonds is 4. The Hall–Kier alpha value is -1.84. The van der Waals surface area contributed by atoms with Gasteiger partial charge in [-0.3, -0.25) is 9.59 Å². The Morgan fingerprint density at radius 3 is 2.28 bits per heavy atom. The zero-order chi connectivity index (χ0) is 17.4. The highest BCUT2D eigenvalue weighted by Gasteiger charge is 2.40. The highest BCUT2D eigenvalue weighted by molar-refractivity contribution is 5.94. The van der Waals surface area contributed by atoms with Crippen molar-refractivity contribution in [2.45, 2.75) is 39.0 Å². The van der Waals surface area contributed by atoms with Crippen LogP contribution in [0, 0.1) is 17.8 Å². The molecule has 3 atom stereocenters. The van der Waals surface area contributed by atoms with Crippen molar-refractivity contribution in [3.63, 3.8) is 0 Å². The minimum Gasteiger partial charge on any atom is -0.368 e. The predicted molar refractivity (Wildman–Crippen MR) is 98.8 cm³/mol. The van der Waals surface area contributed by atoms with Gasteiger partial charge in [-0.25, -0.2) is 0 Å². The SMILES string of the molecule is CC(=O)c1ccc(N2CCN(C(=O)CC3CC4CCC3C4)CC2)cc1. The lowest BCUT2D eigenvalue weighted by Gasteiger charge is -2.37. The van der Waals surface area contributed by atoms with Gasteiger partial charge in [0.1, 0.15) is 0 Å². The Labute approximate surface area is 150 Å².